The number of benzene rings is 1. The Morgan fingerprint density at radius 2 is 1.86 bits per heavy atom. The minimum absolute atomic E-state index is 0.0277. The van der Waals surface area contributed by atoms with E-state index >= 15 is 0 Å². The Balaban J connectivity index is 2.43. The van der Waals surface area contributed by atoms with E-state index in [4.69, 9.17) is 9.47 Å². The van der Waals surface area contributed by atoms with Crippen molar-refractivity contribution in [1.29, 1.82) is 0 Å². The van der Waals surface area contributed by atoms with Crippen molar-refractivity contribution in [3.63, 3.8) is 0 Å². The van der Waals surface area contributed by atoms with Gasteiger partial charge in [-0.25, -0.2) is 13.1 Å². The molecule has 1 rings (SSSR count). The summed E-state index contributed by atoms with van der Waals surface area (Å²) in [5.74, 6) is 0.126. The average Bonchev–Trinajstić information content (AvgIpc) is 2.46. The summed E-state index contributed by atoms with van der Waals surface area (Å²) in [6.45, 7) is 2.02. The van der Waals surface area contributed by atoms with Crippen LogP contribution in [0.2, 0.25) is 0 Å². The number of methoxy groups -OCH3 is 2. The molecule has 7 nitrogen and oxygen atoms in total. The van der Waals surface area contributed by atoms with E-state index in [1.807, 2.05) is 0 Å². The molecule has 0 fully saturated rings. The monoisotopic (exact) mass is 330 g/mol. The largest absolute Gasteiger partial charge is 0.497 e. The van der Waals surface area contributed by atoms with Crippen molar-refractivity contribution in [3.05, 3.63) is 29.8 Å². The van der Waals surface area contributed by atoms with Crippen molar-refractivity contribution >= 4 is 15.9 Å². The number of carbonyl (C=O) groups excluding carboxylic acids is 1. The van der Waals surface area contributed by atoms with E-state index < -0.39 is 10.0 Å². The van der Waals surface area contributed by atoms with Crippen LogP contribution in [0.15, 0.2) is 24.3 Å². The van der Waals surface area contributed by atoms with Gasteiger partial charge in [0.05, 0.1) is 19.5 Å². The maximum Gasteiger partial charge on any atom is 0.251 e. The van der Waals surface area contributed by atoms with Gasteiger partial charge in [-0.2, -0.15) is 0 Å². The zero-order valence-corrected chi connectivity index (χ0v) is 13.8. The van der Waals surface area contributed by atoms with Crippen LogP contribution >= 0.6 is 0 Å². The minimum atomic E-state index is -3.46. The summed E-state index contributed by atoms with van der Waals surface area (Å²) >= 11 is 0. The fourth-order valence-corrected chi connectivity index (χ4v) is 2.96. The van der Waals surface area contributed by atoms with Gasteiger partial charge in [0.25, 0.3) is 5.91 Å². The molecule has 0 saturated heterocycles. The SMILES string of the molecule is COC[C@@H](C)NS(=O)(=O)CCNC(=O)c1ccc(OC)cc1. The third-order valence-corrected chi connectivity index (χ3v) is 4.31. The Hall–Kier alpha value is -1.64. The molecule has 1 aromatic rings. The normalized spacial score (nSPS) is 12.7. The molecule has 0 aliphatic carbocycles. The lowest BCUT2D eigenvalue weighted by Gasteiger charge is -2.13. The van der Waals surface area contributed by atoms with Crippen LogP contribution in [0.1, 0.15) is 17.3 Å². The van der Waals surface area contributed by atoms with Crippen LogP contribution in [0.3, 0.4) is 0 Å². The number of carbonyl (C=O) groups is 1. The third-order valence-electron chi connectivity index (χ3n) is 2.81. The third kappa shape index (κ3) is 6.42. The van der Waals surface area contributed by atoms with Crippen LogP contribution in [0.25, 0.3) is 0 Å². The van der Waals surface area contributed by atoms with Gasteiger partial charge < -0.3 is 14.8 Å². The maximum absolute atomic E-state index is 11.9. The van der Waals surface area contributed by atoms with E-state index in [0.29, 0.717) is 11.3 Å². The lowest BCUT2D eigenvalue weighted by molar-refractivity contribution is 0.0956. The highest BCUT2D eigenvalue weighted by Gasteiger charge is 2.15. The molecule has 0 aromatic heterocycles. The average molecular weight is 330 g/mol. The van der Waals surface area contributed by atoms with Gasteiger partial charge in [0.1, 0.15) is 5.75 Å². The topological polar surface area (TPSA) is 93.7 Å². The summed E-state index contributed by atoms with van der Waals surface area (Å²) in [6.07, 6.45) is 0. The molecule has 0 heterocycles. The van der Waals surface area contributed by atoms with Crippen molar-refractivity contribution in [2.24, 2.45) is 0 Å². The minimum Gasteiger partial charge on any atom is -0.497 e. The van der Waals surface area contributed by atoms with E-state index in [9.17, 15) is 13.2 Å². The summed E-state index contributed by atoms with van der Waals surface area (Å²) < 4.78 is 35.9. The van der Waals surface area contributed by atoms with Crippen molar-refractivity contribution in [2.45, 2.75) is 13.0 Å². The van der Waals surface area contributed by atoms with Crippen molar-refractivity contribution in [2.75, 3.05) is 33.1 Å². The first-order chi connectivity index (χ1) is 10.4. The van der Waals surface area contributed by atoms with E-state index in [1.165, 1.54) is 14.2 Å². The van der Waals surface area contributed by atoms with Crippen LogP contribution in [-0.2, 0) is 14.8 Å². The Kier molecular flexibility index (Phi) is 7.30. The van der Waals surface area contributed by atoms with Crippen molar-refractivity contribution in [3.8, 4) is 5.75 Å². The fraction of sp³-hybridized carbons (Fsp3) is 0.500. The molecule has 0 bridgehead atoms. The highest BCUT2D eigenvalue weighted by molar-refractivity contribution is 7.89. The Morgan fingerprint density at radius 1 is 1.23 bits per heavy atom. The summed E-state index contributed by atoms with van der Waals surface area (Å²) in [5, 5.41) is 2.57. The van der Waals surface area contributed by atoms with Gasteiger partial charge in [-0.3, -0.25) is 4.79 Å². The maximum atomic E-state index is 11.9. The molecule has 124 valence electrons. The van der Waals surface area contributed by atoms with Gasteiger partial charge in [0, 0.05) is 25.3 Å². The number of nitrogens with one attached hydrogen (secondary N) is 2. The summed E-state index contributed by atoms with van der Waals surface area (Å²) in [5.41, 5.74) is 0.443. The molecule has 2 N–H and O–H groups in total. The van der Waals surface area contributed by atoms with Gasteiger partial charge in [-0.05, 0) is 31.2 Å². The zero-order valence-electron chi connectivity index (χ0n) is 13.0. The molecular formula is C14H22N2O5S. The Labute approximate surface area is 131 Å². The van der Waals surface area contributed by atoms with Gasteiger partial charge in [0.2, 0.25) is 10.0 Å². The molecule has 0 radical (unpaired) electrons. The molecule has 0 spiro atoms. The molecule has 1 aromatic carbocycles. The second-order valence-corrected chi connectivity index (χ2v) is 6.65. The Morgan fingerprint density at radius 3 is 2.41 bits per heavy atom. The fourth-order valence-electron chi connectivity index (χ4n) is 1.79. The summed E-state index contributed by atoms with van der Waals surface area (Å²) in [7, 11) is -0.417. The smallest absolute Gasteiger partial charge is 0.251 e. The highest BCUT2D eigenvalue weighted by atomic mass is 32.2. The number of amides is 1. The predicted molar refractivity (Wildman–Crippen MR) is 83.6 cm³/mol. The second-order valence-electron chi connectivity index (χ2n) is 4.78. The number of hydrogen-bond acceptors (Lipinski definition) is 5. The molecular weight excluding hydrogens is 308 g/mol. The van der Waals surface area contributed by atoms with Crippen LogP contribution in [0, 0.1) is 0 Å². The molecule has 22 heavy (non-hydrogen) atoms. The van der Waals surface area contributed by atoms with E-state index in [2.05, 4.69) is 10.0 Å². The predicted octanol–water partition coefficient (Wildman–Crippen LogP) is 0.379. The standard InChI is InChI=1S/C14H22N2O5S/c1-11(10-20-2)16-22(18,19)9-8-15-14(17)12-4-6-13(21-3)7-5-12/h4-7,11,16H,8-10H2,1-3H3,(H,15,17)/t11-/m1/s1. The van der Waals surface area contributed by atoms with Crippen molar-refractivity contribution in [1.82, 2.24) is 10.0 Å². The lowest BCUT2D eigenvalue weighted by atomic mass is 10.2. The summed E-state index contributed by atoms with van der Waals surface area (Å²) in [4.78, 5) is 11.9. The Bertz CT molecular complexity index is 571. The van der Waals surface area contributed by atoms with Gasteiger partial charge >= 0.3 is 0 Å². The molecule has 0 aliphatic rings. The number of hydrogen-bond donors (Lipinski definition) is 2. The number of rotatable bonds is 9. The first-order valence-corrected chi connectivity index (χ1v) is 8.44. The van der Waals surface area contributed by atoms with Gasteiger partial charge in [-0.1, -0.05) is 0 Å². The van der Waals surface area contributed by atoms with E-state index in [0.717, 1.165) is 0 Å². The van der Waals surface area contributed by atoms with Crippen LogP contribution in [-0.4, -0.2) is 53.5 Å². The molecule has 1 amide bonds. The van der Waals surface area contributed by atoms with E-state index in [-0.39, 0.29) is 30.9 Å². The molecule has 1 atom stereocenters. The first-order valence-electron chi connectivity index (χ1n) is 6.79. The molecule has 8 heteroatoms. The van der Waals surface area contributed by atoms with Crippen LogP contribution in [0.5, 0.6) is 5.75 Å². The molecule has 0 aliphatic heterocycles. The quantitative estimate of drug-likeness (QED) is 0.683. The number of sulfonamides is 1. The molecule has 0 unspecified atom stereocenters. The van der Waals surface area contributed by atoms with Crippen molar-refractivity contribution < 1.29 is 22.7 Å². The van der Waals surface area contributed by atoms with E-state index in [1.54, 1.807) is 31.2 Å². The number of ether oxygens (including phenoxy) is 2. The second kappa shape index (κ2) is 8.72. The van der Waals surface area contributed by atoms with Gasteiger partial charge in [-0.15, -0.1) is 0 Å². The summed E-state index contributed by atoms with van der Waals surface area (Å²) in [6, 6.07) is 6.25. The lowest BCUT2D eigenvalue weighted by Crippen LogP contribution is -2.40. The van der Waals surface area contributed by atoms with Crippen LogP contribution < -0.4 is 14.8 Å². The van der Waals surface area contributed by atoms with Crippen LogP contribution in [0.4, 0.5) is 0 Å². The molecule has 0 saturated carbocycles. The first kappa shape index (κ1) is 18.4. The zero-order chi connectivity index (χ0) is 16.6. The highest BCUT2D eigenvalue weighted by Crippen LogP contribution is 2.10. The van der Waals surface area contributed by atoms with Gasteiger partial charge in [0.15, 0.2) is 0 Å².